The summed E-state index contributed by atoms with van der Waals surface area (Å²) in [6.07, 6.45) is 4.89. The molecule has 0 amide bonds. The summed E-state index contributed by atoms with van der Waals surface area (Å²) < 4.78 is 16.3. The van der Waals surface area contributed by atoms with Crippen molar-refractivity contribution in [1.29, 1.82) is 0 Å². The molecule has 1 heterocycles. The van der Waals surface area contributed by atoms with Gasteiger partial charge in [0.05, 0.1) is 7.11 Å². The summed E-state index contributed by atoms with van der Waals surface area (Å²) in [4.78, 5) is 27.2. The average molecular weight is 390 g/mol. The van der Waals surface area contributed by atoms with Crippen molar-refractivity contribution in [1.82, 2.24) is 0 Å². The predicted octanol–water partition coefficient (Wildman–Crippen LogP) is 4.49. The van der Waals surface area contributed by atoms with Crippen LogP contribution in [-0.4, -0.2) is 25.7 Å². The van der Waals surface area contributed by atoms with E-state index >= 15 is 0 Å². The van der Waals surface area contributed by atoms with E-state index in [0.717, 1.165) is 41.5 Å². The number of unbranched alkanes of at least 4 members (excludes halogenated alkanes) is 2. The third kappa shape index (κ3) is 2.21. The van der Waals surface area contributed by atoms with E-state index in [1.165, 1.54) is 7.11 Å². The highest BCUT2D eigenvalue weighted by atomic mass is 16.7. The maximum Gasteiger partial charge on any atom is 0.325 e. The molecule has 5 rings (SSSR count). The molecule has 1 aliphatic heterocycles. The molecule has 5 heteroatoms. The molecule has 148 valence electrons. The number of benzene rings is 2. The molecule has 0 bridgehead atoms. The van der Waals surface area contributed by atoms with Crippen molar-refractivity contribution in [2.75, 3.05) is 13.9 Å². The van der Waals surface area contributed by atoms with Crippen LogP contribution in [0.2, 0.25) is 0 Å². The fourth-order valence-electron chi connectivity index (χ4n) is 5.06. The Bertz CT molecular complexity index is 1070. The van der Waals surface area contributed by atoms with Crippen LogP contribution in [-0.2, 0) is 9.53 Å². The molecule has 2 aromatic rings. The van der Waals surface area contributed by atoms with Crippen LogP contribution < -0.4 is 9.47 Å². The van der Waals surface area contributed by atoms with Gasteiger partial charge in [0.1, 0.15) is 0 Å². The van der Waals surface area contributed by atoms with Gasteiger partial charge in [0.2, 0.25) is 6.79 Å². The molecule has 0 N–H and O–H groups in total. The van der Waals surface area contributed by atoms with Crippen molar-refractivity contribution in [3.63, 3.8) is 0 Å². The average Bonchev–Trinajstić information content (AvgIpc) is 3.38. The number of ketones is 1. The zero-order valence-corrected chi connectivity index (χ0v) is 16.5. The number of ether oxygens (including phenoxy) is 3. The van der Waals surface area contributed by atoms with Gasteiger partial charge in [0.25, 0.3) is 0 Å². The molecule has 0 fully saturated rings. The lowest BCUT2D eigenvalue weighted by molar-refractivity contribution is -0.146. The van der Waals surface area contributed by atoms with Crippen LogP contribution in [0.15, 0.2) is 42.5 Å². The first-order valence-electron chi connectivity index (χ1n) is 10.0. The third-order valence-corrected chi connectivity index (χ3v) is 6.29. The van der Waals surface area contributed by atoms with Crippen molar-refractivity contribution in [3.8, 4) is 11.5 Å². The van der Waals surface area contributed by atoms with Gasteiger partial charge in [-0.1, -0.05) is 50.1 Å². The Kier molecular flexibility index (Phi) is 4.02. The molecular formula is C24H22O5. The van der Waals surface area contributed by atoms with Gasteiger partial charge in [-0.3, -0.25) is 9.59 Å². The van der Waals surface area contributed by atoms with E-state index in [2.05, 4.69) is 13.0 Å². The van der Waals surface area contributed by atoms with Gasteiger partial charge in [-0.2, -0.15) is 0 Å². The monoisotopic (exact) mass is 390 g/mol. The first kappa shape index (κ1) is 18.0. The van der Waals surface area contributed by atoms with Crippen molar-refractivity contribution < 1.29 is 23.8 Å². The SMILES string of the molecule is CCCC/C=C1\c2ccccc2[C@@H]2c3cc4c(cc3C(=O)[C@]12C(=O)OC)OCO4. The summed E-state index contributed by atoms with van der Waals surface area (Å²) in [5.74, 6) is 0.00210. The topological polar surface area (TPSA) is 61.8 Å². The highest BCUT2D eigenvalue weighted by Gasteiger charge is 2.66. The van der Waals surface area contributed by atoms with Crippen LogP contribution in [0.5, 0.6) is 11.5 Å². The largest absolute Gasteiger partial charge is 0.468 e. The molecule has 0 aromatic heterocycles. The molecule has 0 radical (unpaired) electrons. The summed E-state index contributed by atoms with van der Waals surface area (Å²) in [5, 5.41) is 0. The zero-order valence-electron chi connectivity index (χ0n) is 16.5. The van der Waals surface area contributed by atoms with E-state index in [9.17, 15) is 9.59 Å². The second-order valence-corrected chi connectivity index (χ2v) is 7.70. The van der Waals surface area contributed by atoms with Gasteiger partial charge < -0.3 is 14.2 Å². The molecule has 0 saturated carbocycles. The first-order chi connectivity index (χ1) is 14.1. The number of methoxy groups -OCH3 is 1. The standard InChI is InChI=1S/C24H22O5/c1-3-4-5-10-18-14-8-6-7-9-15(14)21-16-11-19-20(29-13-28-19)12-17(16)22(25)24(18,21)23(26)27-2/h6-12,21H,3-5,13H2,1-2H3/b18-10+/t21-,24+/m1/s1. The minimum Gasteiger partial charge on any atom is -0.468 e. The minimum absolute atomic E-state index is 0.137. The Morgan fingerprint density at radius 3 is 2.69 bits per heavy atom. The van der Waals surface area contributed by atoms with Gasteiger partial charge in [0, 0.05) is 11.5 Å². The normalized spacial score (nSPS) is 24.4. The molecule has 2 aromatic carbocycles. The summed E-state index contributed by atoms with van der Waals surface area (Å²) in [7, 11) is 1.35. The number of rotatable bonds is 4. The maximum absolute atomic E-state index is 13.9. The molecule has 5 nitrogen and oxygen atoms in total. The van der Waals surface area contributed by atoms with E-state index < -0.39 is 17.3 Å². The fourth-order valence-corrected chi connectivity index (χ4v) is 5.06. The van der Waals surface area contributed by atoms with E-state index in [4.69, 9.17) is 14.2 Å². The quantitative estimate of drug-likeness (QED) is 0.437. The fraction of sp³-hybridized carbons (Fsp3) is 0.333. The molecule has 0 unspecified atom stereocenters. The number of allylic oxidation sites excluding steroid dienone is 1. The highest BCUT2D eigenvalue weighted by molar-refractivity contribution is 6.27. The summed E-state index contributed by atoms with van der Waals surface area (Å²) in [6.45, 7) is 2.26. The van der Waals surface area contributed by atoms with Gasteiger partial charge in [0.15, 0.2) is 22.7 Å². The van der Waals surface area contributed by atoms with Gasteiger partial charge in [-0.15, -0.1) is 0 Å². The van der Waals surface area contributed by atoms with Crippen molar-refractivity contribution >= 4 is 17.3 Å². The van der Waals surface area contributed by atoms with Crippen molar-refractivity contribution in [2.45, 2.75) is 32.1 Å². The molecule has 2 aliphatic carbocycles. The second-order valence-electron chi connectivity index (χ2n) is 7.70. The lowest BCUT2D eigenvalue weighted by atomic mass is 9.73. The molecular weight excluding hydrogens is 368 g/mol. The molecule has 2 atom stereocenters. The van der Waals surface area contributed by atoms with Crippen molar-refractivity contribution in [3.05, 3.63) is 64.7 Å². The Balaban J connectivity index is 1.80. The van der Waals surface area contributed by atoms with Gasteiger partial charge in [-0.05, 0) is 40.8 Å². The number of esters is 1. The van der Waals surface area contributed by atoms with Crippen LogP contribution in [0, 0.1) is 5.41 Å². The molecule has 29 heavy (non-hydrogen) atoms. The Morgan fingerprint density at radius 1 is 1.17 bits per heavy atom. The third-order valence-electron chi connectivity index (χ3n) is 6.29. The first-order valence-corrected chi connectivity index (χ1v) is 10.0. The Morgan fingerprint density at radius 2 is 1.93 bits per heavy atom. The number of carbonyl (C=O) groups excluding carboxylic acids is 2. The number of fused-ring (bicyclic) bond motifs is 6. The molecule has 3 aliphatic rings. The zero-order chi connectivity index (χ0) is 20.2. The lowest BCUT2D eigenvalue weighted by Crippen LogP contribution is -2.39. The predicted molar refractivity (Wildman–Crippen MR) is 107 cm³/mol. The van der Waals surface area contributed by atoms with Crippen LogP contribution in [0.3, 0.4) is 0 Å². The van der Waals surface area contributed by atoms with Gasteiger partial charge in [-0.25, -0.2) is 0 Å². The van der Waals surface area contributed by atoms with Crippen LogP contribution >= 0.6 is 0 Å². The van der Waals surface area contributed by atoms with Crippen LogP contribution in [0.1, 0.15) is 59.2 Å². The molecule has 0 spiro atoms. The number of hydrogen-bond acceptors (Lipinski definition) is 5. The maximum atomic E-state index is 13.9. The molecule has 0 saturated heterocycles. The lowest BCUT2D eigenvalue weighted by Gasteiger charge is -2.27. The van der Waals surface area contributed by atoms with Gasteiger partial charge >= 0.3 is 5.97 Å². The van der Waals surface area contributed by atoms with E-state index in [1.807, 2.05) is 30.3 Å². The highest BCUT2D eigenvalue weighted by Crippen LogP contribution is 2.65. The number of hydrogen-bond donors (Lipinski definition) is 0. The van der Waals surface area contributed by atoms with Crippen molar-refractivity contribution in [2.24, 2.45) is 5.41 Å². The van der Waals surface area contributed by atoms with E-state index in [0.29, 0.717) is 17.1 Å². The smallest absolute Gasteiger partial charge is 0.325 e. The minimum atomic E-state index is -1.39. The summed E-state index contributed by atoms with van der Waals surface area (Å²) >= 11 is 0. The van der Waals surface area contributed by atoms with Crippen LogP contribution in [0.25, 0.3) is 5.57 Å². The number of Topliss-reactive ketones (excluding diaryl/α,β-unsaturated/α-hetero) is 1. The van der Waals surface area contributed by atoms with E-state index in [1.54, 1.807) is 6.07 Å². The van der Waals surface area contributed by atoms with E-state index in [-0.39, 0.29) is 12.6 Å². The second kappa shape index (κ2) is 6.48. The summed E-state index contributed by atoms with van der Waals surface area (Å²) in [5.41, 5.74) is 2.63. The Labute approximate surface area is 169 Å². The Hall–Kier alpha value is -3.08. The van der Waals surface area contributed by atoms with Crippen LogP contribution in [0.4, 0.5) is 0 Å². The summed E-state index contributed by atoms with van der Waals surface area (Å²) in [6, 6.07) is 11.5. The number of carbonyl (C=O) groups is 2.